The van der Waals surface area contributed by atoms with Gasteiger partial charge in [-0.2, -0.15) is 10.2 Å². The lowest BCUT2D eigenvalue weighted by Crippen LogP contribution is -2.13. The van der Waals surface area contributed by atoms with Crippen molar-refractivity contribution in [3.05, 3.63) is 21.6 Å². The molecule has 18 heavy (non-hydrogen) atoms. The first kappa shape index (κ1) is 13.1. The molecule has 0 atom stereocenters. The van der Waals surface area contributed by atoms with Gasteiger partial charge in [0.1, 0.15) is 0 Å². The molecule has 2 aromatic heterocycles. The number of nitrogens with zero attached hydrogens (tertiary/aromatic N) is 4. The summed E-state index contributed by atoms with van der Waals surface area (Å²) in [4.78, 5) is 0. The Morgan fingerprint density at radius 3 is 2.17 bits per heavy atom. The molecule has 0 amide bonds. The summed E-state index contributed by atoms with van der Waals surface area (Å²) < 4.78 is 4.78. The fraction of sp³-hybridized carbons (Fsp3) is 0.500. The highest BCUT2D eigenvalue weighted by molar-refractivity contribution is 9.10. The van der Waals surface area contributed by atoms with Gasteiger partial charge in [-0.25, -0.2) is 9.36 Å². The van der Waals surface area contributed by atoms with E-state index in [0.29, 0.717) is 5.69 Å². The number of rotatable bonds is 2. The highest BCUT2D eigenvalue weighted by Gasteiger charge is 2.20. The first-order chi connectivity index (χ1) is 8.34. The van der Waals surface area contributed by atoms with Crippen molar-refractivity contribution in [1.82, 2.24) is 19.6 Å². The Morgan fingerprint density at radius 2 is 1.72 bits per heavy atom. The molecule has 98 valence electrons. The van der Waals surface area contributed by atoms with Crippen LogP contribution in [0.4, 0.5) is 5.69 Å². The van der Waals surface area contributed by atoms with Crippen molar-refractivity contribution in [2.75, 3.05) is 5.73 Å². The number of aryl methyl sites for hydroxylation is 2. The lowest BCUT2D eigenvalue weighted by Gasteiger charge is -2.12. The topological polar surface area (TPSA) is 61.7 Å². The van der Waals surface area contributed by atoms with Gasteiger partial charge < -0.3 is 5.73 Å². The predicted octanol–water partition coefficient (Wildman–Crippen LogP) is 2.92. The number of hydrogen-bond donors (Lipinski definition) is 1. The van der Waals surface area contributed by atoms with Gasteiger partial charge in [0.05, 0.1) is 27.2 Å². The quantitative estimate of drug-likeness (QED) is 0.927. The standard InChI is InChI=1S/C12H18BrN5/c1-6(2)17-12(11(14)8(4)16-17)18-9(5)10(13)7(3)15-18/h6H,14H2,1-5H3. The van der Waals surface area contributed by atoms with E-state index in [1.165, 1.54) is 0 Å². The maximum absolute atomic E-state index is 6.14. The van der Waals surface area contributed by atoms with E-state index in [4.69, 9.17) is 5.73 Å². The molecule has 2 N–H and O–H groups in total. The zero-order chi connectivity index (χ0) is 13.6. The summed E-state index contributed by atoms with van der Waals surface area (Å²) in [6, 6.07) is 0.235. The fourth-order valence-electron chi connectivity index (χ4n) is 1.95. The van der Waals surface area contributed by atoms with Gasteiger partial charge in [-0.3, -0.25) is 0 Å². The minimum Gasteiger partial charge on any atom is -0.394 e. The molecule has 0 radical (unpaired) electrons. The second kappa shape index (κ2) is 4.42. The summed E-state index contributed by atoms with van der Waals surface area (Å²) >= 11 is 3.54. The van der Waals surface area contributed by atoms with Gasteiger partial charge in [-0.15, -0.1) is 0 Å². The van der Waals surface area contributed by atoms with Crippen molar-refractivity contribution in [3.63, 3.8) is 0 Å². The van der Waals surface area contributed by atoms with Gasteiger partial charge in [-0.1, -0.05) is 0 Å². The molecule has 0 aromatic carbocycles. The molecule has 0 saturated carbocycles. The molecule has 0 spiro atoms. The van der Waals surface area contributed by atoms with E-state index in [-0.39, 0.29) is 6.04 Å². The minimum atomic E-state index is 0.235. The molecule has 0 fully saturated rings. The van der Waals surface area contributed by atoms with Crippen LogP contribution in [0.5, 0.6) is 0 Å². The van der Waals surface area contributed by atoms with E-state index in [1.54, 1.807) is 0 Å². The molecule has 6 heteroatoms. The number of hydrogen-bond acceptors (Lipinski definition) is 3. The SMILES string of the molecule is Cc1nn(C(C)C)c(-n2nc(C)c(Br)c2C)c1N. The normalized spacial score (nSPS) is 11.5. The number of aromatic nitrogens is 4. The van der Waals surface area contributed by atoms with Crippen molar-refractivity contribution in [1.29, 1.82) is 0 Å². The van der Waals surface area contributed by atoms with E-state index < -0.39 is 0 Å². The largest absolute Gasteiger partial charge is 0.394 e. The van der Waals surface area contributed by atoms with Gasteiger partial charge >= 0.3 is 0 Å². The van der Waals surface area contributed by atoms with Crippen molar-refractivity contribution in [2.24, 2.45) is 0 Å². The molecule has 0 saturated heterocycles. The first-order valence-electron chi connectivity index (χ1n) is 5.91. The predicted molar refractivity (Wildman–Crippen MR) is 76.1 cm³/mol. The Hall–Kier alpha value is -1.30. The van der Waals surface area contributed by atoms with E-state index in [2.05, 4.69) is 40.0 Å². The van der Waals surface area contributed by atoms with E-state index in [0.717, 1.165) is 27.4 Å². The van der Waals surface area contributed by atoms with Crippen LogP contribution in [0.15, 0.2) is 4.47 Å². The highest BCUT2D eigenvalue weighted by Crippen LogP contribution is 2.28. The van der Waals surface area contributed by atoms with Crippen LogP contribution in [0.1, 0.15) is 37.0 Å². The van der Waals surface area contributed by atoms with Crippen molar-refractivity contribution in [2.45, 2.75) is 40.7 Å². The highest BCUT2D eigenvalue weighted by atomic mass is 79.9. The Labute approximate surface area is 115 Å². The van der Waals surface area contributed by atoms with Crippen LogP contribution in [0, 0.1) is 20.8 Å². The van der Waals surface area contributed by atoms with Gasteiger partial charge in [0.2, 0.25) is 0 Å². The van der Waals surface area contributed by atoms with E-state index in [1.807, 2.05) is 30.1 Å². The van der Waals surface area contributed by atoms with Crippen LogP contribution in [0.25, 0.3) is 5.82 Å². The van der Waals surface area contributed by atoms with Crippen molar-refractivity contribution in [3.8, 4) is 5.82 Å². The average Bonchev–Trinajstić information content (AvgIpc) is 2.72. The van der Waals surface area contributed by atoms with Gasteiger partial charge in [0.15, 0.2) is 5.82 Å². The van der Waals surface area contributed by atoms with Gasteiger partial charge in [-0.05, 0) is 50.5 Å². The summed E-state index contributed by atoms with van der Waals surface area (Å²) in [7, 11) is 0. The molecule has 0 aliphatic heterocycles. The number of nitrogen functional groups attached to an aromatic ring is 1. The third kappa shape index (κ3) is 1.84. The number of halogens is 1. The zero-order valence-corrected chi connectivity index (χ0v) is 12.9. The maximum Gasteiger partial charge on any atom is 0.176 e. The van der Waals surface area contributed by atoms with Gasteiger partial charge in [0.25, 0.3) is 0 Å². The number of nitrogens with two attached hydrogens (primary N) is 1. The lowest BCUT2D eigenvalue weighted by atomic mass is 10.3. The molecular weight excluding hydrogens is 294 g/mol. The molecule has 2 aromatic rings. The first-order valence-corrected chi connectivity index (χ1v) is 6.70. The van der Waals surface area contributed by atoms with Crippen molar-refractivity contribution < 1.29 is 0 Å². The van der Waals surface area contributed by atoms with Crippen molar-refractivity contribution >= 4 is 21.6 Å². The van der Waals surface area contributed by atoms with Crippen LogP contribution < -0.4 is 5.73 Å². The Balaban J connectivity index is 2.74. The van der Waals surface area contributed by atoms with Crippen LogP contribution in [0.2, 0.25) is 0 Å². The second-order valence-electron chi connectivity index (χ2n) is 4.76. The molecule has 0 bridgehead atoms. The molecule has 0 unspecified atom stereocenters. The Bertz CT molecular complexity index is 594. The van der Waals surface area contributed by atoms with E-state index >= 15 is 0 Å². The molecule has 0 aliphatic rings. The molecule has 0 aliphatic carbocycles. The molecule has 5 nitrogen and oxygen atoms in total. The summed E-state index contributed by atoms with van der Waals surface area (Å²) in [5, 5.41) is 9.01. The second-order valence-corrected chi connectivity index (χ2v) is 5.55. The average molecular weight is 312 g/mol. The van der Waals surface area contributed by atoms with E-state index in [9.17, 15) is 0 Å². The Morgan fingerprint density at radius 1 is 1.11 bits per heavy atom. The van der Waals surface area contributed by atoms with Crippen LogP contribution in [-0.2, 0) is 0 Å². The van der Waals surface area contributed by atoms with Gasteiger partial charge in [0, 0.05) is 6.04 Å². The smallest absolute Gasteiger partial charge is 0.176 e. The summed E-state index contributed by atoms with van der Waals surface area (Å²) in [6.07, 6.45) is 0. The number of anilines is 1. The lowest BCUT2D eigenvalue weighted by molar-refractivity contribution is 0.510. The summed E-state index contributed by atoms with van der Waals surface area (Å²) in [5.74, 6) is 0.841. The summed E-state index contributed by atoms with van der Waals surface area (Å²) in [5.41, 5.74) is 9.63. The third-order valence-electron chi connectivity index (χ3n) is 3.00. The molecule has 2 rings (SSSR count). The molecule has 2 heterocycles. The monoisotopic (exact) mass is 311 g/mol. The summed E-state index contributed by atoms with van der Waals surface area (Å²) in [6.45, 7) is 10.0. The molecular formula is C12H18BrN5. The zero-order valence-electron chi connectivity index (χ0n) is 11.3. The Kier molecular flexibility index (Phi) is 3.23. The van der Waals surface area contributed by atoms with Crippen LogP contribution in [-0.4, -0.2) is 19.6 Å². The van der Waals surface area contributed by atoms with Crippen LogP contribution >= 0.6 is 15.9 Å². The maximum atomic E-state index is 6.14. The fourth-order valence-corrected chi connectivity index (χ4v) is 2.20. The third-order valence-corrected chi connectivity index (χ3v) is 4.15. The minimum absolute atomic E-state index is 0.235. The van der Waals surface area contributed by atoms with Crippen LogP contribution in [0.3, 0.4) is 0 Å².